The molecular formula is C17H19BrN2O. The van der Waals surface area contributed by atoms with E-state index in [0.29, 0.717) is 12.1 Å². The van der Waals surface area contributed by atoms with E-state index in [0.717, 1.165) is 15.7 Å². The molecule has 0 aromatic heterocycles. The Bertz CT molecular complexity index is 606. The Morgan fingerprint density at radius 3 is 2.19 bits per heavy atom. The van der Waals surface area contributed by atoms with Crippen LogP contribution in [0.2, 0.25) is 0 Å². The summed E-state index contributed by atoms with van der Waals surface area (Å²) in [6.45, 7) is 4.62. The van der Waals surface area contributed by atoms with Crippen molar-refractivity contribution in [2.75, 3.05) is 5.73 Å². The first-order valence-corrected chi connectivity index (χ1v) is 7.67. The largest absolute Gasteiger partial charge is 0.399 e. The Balaban J connectivity index is 2.20. The van der Waals surface area contributed by atoms with E-state index in [-0.39, 0.29) is 11.9 Å². The molecule has 110 valence electrons. The Morgan fingerprint density at radius 1 is 1.10 bits per heavy atom. The number of amides is 1. The van der Waals surface area contributed by atoms with Crippen LogP contribution in [-0.4, -0.2) is 16.8 Å². The first-order chi connectivity index (χ1) is 9.97. The van der Waals surface area contributed by atoms with E-state index in [1.165, 1.54) is 0 Å². The molecule has 3 nitrogen and oxygen atoms in total. The highest BCUT2D eigenvalue weighted by molar-refractivity contribution is 9.10. The van der Waals surface area contributed by atoms with Crippen LogP contribution in [0.4, 0.5) is 5.69 Å². The third kappa shape index (κ3) is 4.08. The highest BCUT2D eigenvalue weighted by atomic mass is 79.9. The maximum Gasteiger partial charge on any atom is 0.254 e. The van der Waals surface area contributed by atoms with Gasteiger partial charge < -0.3 is 10.6 Å². The molecule has 2 rings (SSSR count). The SMILES string of the molecule is CC(C)N(Cc1ccc(N)cc1)C(=O)c1ccc(Br)cc1. The molecule has 0 radical (unpaired) electrons. The molecule has 21 heavy (non-hydrogen) atoms. The first-order valence-electron chi connectivity index (χ1n) is 6.88. The second-order valence-corrected chi connectivity index (χ2v) is 6.19. The fraction of sp³-hybridized carbons (Fsp3) is 0.235. The molecule has 0 aliphatic heterocycles. The standard InChI is InChI=1S/C17H19BrN2O/c1-12(2)20(11-13-3-9-16(19)10-4-13)17(21)14-5-7-15(18)8-6-14/h3-10,12H,11,19H2,1-2H3. The van der Waals surface area contributed by atoms with Crippen molar-refractivity contribution in [3.8, 4) is 0 Å². The average molecular weight is 347 g/mol. The summed E-state index contributed by atoms with van der Waals surface area (Å²) < 4.78 is 0.966. The van der Waals surface area contributed by atoms with E-state index in [4.69, 9.17) is 5.73 Å². The molecule has 0 saturated heterocycles. The third-order valence-electron chi connectivity index (χ3n) is 3.31. The minimum atomic E-state index is 0.0364. The number of nitrogens with two attached hydrogens (primary N) is 1. The van der Waals surface area contributed by atoms with Crippen molar-refractivity contribution >= 4 is 27.5 Å². The number of carbonyl (C=O) groups excluding carboxylic acids is 1. The van der Waals surface area contributed by atoms with E-state index in [2.05, 4.69) is 15.9 Å². The summed E-state index contributed by atoms with van der Waals surface area (Å²) in [5.41, 5.74) is 8.20. The maximum atomic E-state index is 12.7. The molecule has 2 aromatic rings. The van der Waals surface area contributed by atoms with Crippen LogP contribution in [0.1, 0.15) is 29.8 Å². The number of nitrogens with zero attached hydrogens (tertiary/aromatic N) is 1. The van der Waals surface area contributed by atoms with Crippen molar-refractivity contribution in [3.63, 3.8) is 0 Å². The van der Waals surface area contributed by atoms with Crippen molar-refractivity contribution < 1.29 is 4.79 Å². The molecule has 0 fully saturated rings. The summed E-state index contributed by atoms with van der Waals surface area (Å²) in [4.78, 5) is 14.5. The summed E-state index contributed by atoms with van der Waals surface area (Å²) in [5.74, 6) is 0.0364. The molecular weight excluding hydrogens is 328 g/mol. The zero-order valence-electron chi connectivity index (χ0n) is 12.2. The van der Waals surface area contributed by atoms with E-state index < -0.39 is 0 Å². The number of carbonyl (C=O) groups is 1. The van der Waals surface area contributed by atoms with Gasteiger partial charge in [0, 0.05) is 28.3 Å². The van der Waals surface area contributed by atoms with Gasteiger partial charge in [0.25, 0.3) is 5.91 Å². The molecule has 0 unspecified atom stereocenters. The number of rotatable bonds is 4. The number of nitrogen functional groups attached to an aromatic ring is 1. The number of benzene rings is 2. The predicted octanol–water partition coefficient (Wildman–Crippen LogP) is 4.08. The lowest BCUT2D eigenvalue weighted by Gasteiger charge is -2.27. The molecule has 4 heteroatoms. The van der Waals surface area contributed by atoms with Gasteiger partial charge in [-0.25, -0.2) is 0 Å². The fourth-order valence-electron chi connectivity index (χ4n) is 2.07. The van der Waals surface area contributed by atoms with Crippen LogP contribution in [0.5, 0.6) is 0 Å². The summed E-state index contributed by atoms with van der Waals surface area (Å²) in [6.07, 6.45) is 0. The van der Waals surface area contributed by atoms with Crippen LogP contribution in [0.25, 0.3) is 0 Å². The van der Waals surface area contributed by atoms with Crippen LogP contribution in [0.15, 0.2) is 53.0 Å². The Labute approximate surface area is 133 Å². The lowest BCUT2D eigenvalue weighted by atomic mass is 10.1. The van der Waals surface area contributed by atoms with Crippen LogP contribution >= 0.6 is 15.9 Å². The van der Waals surface area contributed by atoms with E-state index >= 15 is 0 Å². The van der Waals surface area contributed by atoms with Gasteiger partial charge in [-0.15, -0.1) is 0 Å². The van der Waals surface area contributed by atoms with Crippen LogP contribution in [0, 0.1) is 0 Å². The Hall–Kier alpha value is -1.81. The monoisotopic (exact) mass is 346 g/mol. The molecule has 2 N–H and O–H groups in total. The molecule has 0 aliphatic carbocycles. The zero-order chi connectivity index (χ0) is 15.4. The Kier molecular flexibility index (Phi) is 5.02. The highest BCUT2D eigenvalue weighted by Crippen LogP contribution is 2.16. The van der Waals surface area contributed by atoms with Crippen molar-refractivity contribution in [1.29, 1.82) is 0 Å². The van der Waals surface area contributed by atoms with Crippen molar-refractivity contribution in [2.45, 2.75) is 26.4 Å². The quantitative estimate of drug-likeness (QED) is 0.847. The molecule has 0 aliphatic rings. The predicted molar refractivity (Wildman–Crippen MR) is 90.0 cm³/mol. The maximum absolute atomic E-state index is 12.7. The highest BCUT2D eigenvalue weighted by Gasteiger charge is 2.18. The van der Waals surface area contributed by atoms with Gasteiger partial charge in [0.15, 0.2) is 0 Å². The summed E-state index contributed by atoms with van der Waals surface area (Å²) in [6, 6.07) is 15.2. The fourth-order valence-corrected chi connectivity index (χ4v) is 2.33. The summed E-state index contributed by atoms with van der Waals surface area (Å²) >= 11 is 3.38. The lowest BCUT2D eigenvalue weighted by molar-refractivity contribution is 0.0690. The second-order valence-electron chi connectivity index (χ2n) is 5.28. The number of anilines is 1. The molecule has 0 heterocycles. The van der Waals surface area contributed by atoms with Gasteiger partial charge in [-0.1, -0.05) is 28.1 Å². The summed E-state index contributed by atoms with van der Waals surface area (Å²) in [5, 5.41) is 0. The van der Waals surface area contributed by atoms with E-state index in [1.54, 1.807) is 0 Å². The minimum Gasteiger partial charge on any atom is -0.399 e. The van der Waals surface area contributed by atoms with E-state index in [1.807, 2.05) is 67.3 Å². The van der Waals surface area contributed by atoms with Crippen molar-refractivity contribution in [3.05, 3.63) is 64.1 Å². The molecule has 0 atom stereocenters. The molecule has 0 saturated carbocycles. The van der Waals surface area contributed by atoms with Crippen molar-refractivity contribution in [1.82, 2.24) is 4.90 Å². The van der Waals surface area contributed by atoms with Crippen LogP contribution in [-0.2, 0) is 6.54 Å². The van der Waals surface area contributed by atoms with Gasteiger partial charge >= 0.3 is 0 Å². The lowest BCUT2D eigenvalue weighted by Crippen LogP contribution is -2.36. The van der Waals surface area contributed by atoms with Gasteiger partial charge in [-0.3, -0.25) is 4.79 Å². The van der Waals surface area contributed by atoms with Gasteiger partial charge in [0.1, 0.15) is 0 Å². The average Bonchev–Trinajstić information content (AvgIpc) is 2.46. The van der Waals surface area contributed by atoms with Crippen LogP contribution < -0.4 is 5.73 Å². The van der Waals surface area contributed by atoms with Gasteiger partial charge in [0.05, 0.1) is 0 Å². The number of halogens is 1. The Morgan fingerprint density at radius 2 is 1.67 bits per heavy atom. The zero-order valence-corrected chi connectivity index (χ0v) is 13.8. The molecule has 2 aromatic carbocycles. The molecule has 1 amide bonds. The summed E-state index contributed by atoms with van der Waals surface area (Å²) in [7, 11) is 0. The second kappa shape index (κ2) is 6.76. The van der Waals surface area contributed by atoms with Gasteiger partial charge in [-0.05, 0) is 55.8 Å². The first kappa shape index (κ1) is 15.6. The molecule has 0 spiro atoms. The van der Waals surface area contributed by atoms with Gasteiger partial charge in [0.2, 0.25) is 0 Å². The number of hydrogen-bond acceptors (Lipinski definition) is 2. The topological polar surface area (TPSA) is 46.3 Å². The number of hydrogen-bond donors (Lipinski definition) is 1. The molecule has 0 bridgehead atoms. The minimum absolute atomic E-state index is 0.0364. The van der Waals surface area contributed by atoms with Crippen molar-refractivity contribution in [2.24, 2.45) is 0 Å². The normalized spacial score (nSPS) is 10.7. The van der Waals surface area contributed by atoms with E-state index in [9.17, 15) is 4.79 Å². The smallest absolute Gasteiger partial charge is 0.254 e. The van der Waals surface area contributed by atoms with Gasteiger partial charge in [-0.2, -0.15) is 0 Å². The third-order valence-corrected chi connectivity index (χ3v) is 3.84. The van der Waals surface area contributed by atoms with Crippen LogP contribution in [0.3, 0.4) is 0 Å².